The summed E-state index contributed by atoms with van der Waals surface area (Å²) in [6, 6.07) is 2.83. The molecule has 0 radical (unpaired) electrons. The van der Waals surface area contributed by atoms with Gasteiger partial charge in [0.05, 0.1) is 11.6 Å². The van der Waals surface area contributed by atoms with Crippen molar-refractivity contribution in [1.82, 2.24) is 10.2 Å². The maximum Gasteiger partial charge on any atom is 0.419 e. The van der Waals surface area contributed by atoms with Gasteiger partial charge in [0, 0.05) is 26.2 Å². The number of nitrogens with one attached hydrogen (secondary N) is 1. The molecular formula is C14H16F4N2. The lowest BCUT2D eigenvalue weighted by Gasteiger charge is -2.34. The van der Waals surface area contributed by atoms with Crippen LogP contribution in [0.2, 0.25) is 0 Å². The number of rotatable bonds is 3. The zero-order valence-corrected chi connectivity index (χ0v) is 10.9. The highest BCUT2D eigenvalue weighted by Gasteiger charge is 2.39. The third-order valence-electron chi connectivity index (χ3n) is 3.42. The fourth-order valence-electron chi connectivity index (χ4n) is 2.52. The van der Waals surface area contributed by atoms with Gasteiger partial charge in [-0.25, -0.2) is 4.39 Å². The first-order valence-corrected chi connectivity index (χ1v) is 6.38. The second kappa shape index (κ2) is 5.93. The van der Waals surface area contributed by atoms with Crippen molar-refractivity contribution in [3.63, 3.8) is 0 Å². The molecule has 1 aromatic carbocycles. The van der Waals surface area contributed by atoms with Crippen molar-refractivity contribution in [2.45, 2.75) is 12.2 Å². The minimum atomic E-state index is -4.71. The third-order valence-corrected chi connectivity index (χ3v) is 3.42. The molecule has 110 valence electrons. The predicted molar refractivity (Wildman–Crippen MR) is 68.8 cm³/mol. The van der Waals surface area contributed by atoms with Crippen LogP contribution in [0.3, 0.4) is 0 Å². The highest BCUT2D eigenvalue weighted by atomic mass is 19.4. The minimum absolute atomic E-state index is 0.0746. The van der Waals surface area contributed by atoms with Crippen molar-refractivity contribution in [2.24, 2.45) is 0 Å². The van der Waals surface area contributed by atoms with E-state index < -0.39 is 23.6 Å². The second-order valence-electron chi connectivity index (χ2n) is 4.67. The minimum Gasteiger partial charge on any atom is -0.314 e. The van der Waals surface area contributed by atoms with E-state index in [1.54, 1.807) is 0 Å². The number of halogens is 4. The fraction of sp³-hybridized carbons (Fsp3) is 0.429. The summed E-state index contributed by atoms with van der Waals surface area (Å²) in [5.41, 5.74) is -1.27. The molecule has 2 nitrogen and oxygen atoms in total. The van der Waals surface area contributed by atoms with E-state index in [-0.39, 0.29) is 5.56 Å². The maximum absolute atomic E-state index is 13.6. The predicted octanol–water partition coefficient (Wildman–Crippen LogP) is 2.98. The maximum atomic E-state index is 13.6. The molecule has 2 rings (SSSR count). The smallest absolute Gasteiger partial charge is 0.314 e. The van der Waals surface area contributed by atoms with Crippen molar-refractivity contribution < 1.29 is 17.6 Å². The monoisotopic (exact) mass is 288 g/mol. The Labute approximate surface area is 115 Å². The van der Waals surface area contributed by atoms with Crippen molar-refractivity contribution >= 4 is 0 Å². The topological polar surface area (TPSA) is 15.3 Å². The summed E-state index contributed by atoms with van der Waals surface area (Å²) in [6.45, 7) is 6.21. The van der Waals surface area contributed by atoms with Crippen LogP contribution in [0.4, 0.5) is 17.6 Å². The highest BCUT2D eigenvalue weighted by molar-refractivity contribution is 5.36. The number of benzene rings is 1. The van der Waals surface area contributed by atoms with Crippen molar-refractivity contribution in [3.05, 3.63) is 47.8 Å². The zero-order valence-electron chi connectivity index (χ0n) is 10.9. The van der Waals surface area contributed by atoms with Gasteiger partial charge in [0.2, 0.25) is 0 Å². The Balaban J connectivity index is 2.44. The molecule has 1 saturated heterocycles. The standard InChI is InChI=1S/C14H16F4N2/c1-2-12(20-8-6-19-7-9-20)10-4-3-5-11(15)13(10)14(16,17)18/h2-5,12,19H,1,6-9H2/t12-/m1/s1. The van der Waals surface area contributed by atoms with Crippen molar-refractivity contribution in [2.75, 3.05) is 26.2 Å². The van der Waals surface area contributed by atoms with Crippen LogP contribution in [0.1, 0.15) is 17.2 Å². The fourth-order valence-corrected chi connectivity index (χ4v) is 2.52. The molecule has 1 fully saturated rings. The van der Waals surface area contributed by atoms with Gasteiger partial charge >= 0.3 is 6.18 Å². The number of piperazine rings is 1. The molecule has 1 aliphatic rings. The number of alkyl halides is 3. The summed E-state index contributed by atoms with van der Waals surface area (Å²) in [5, 5.41) is 3.13. The van der Waals surface area contributed by atoms with Gasteiger partial charge in [-0.1, -0.05) is 18.2 Å². The SMILES string of the molecule is C=C[C@H](c1cccc(F)c1C(F)(F)F)N1CCNCC1. The summed E-state index contributed by atoms with van der Waals surface area (Å²) in [5.74, 6) is -1.24. The van der Waals surface area contributed by atoms with E-state index in [9.17, 15) is 17.6 Å². The summed E-state index contributed by atoms with van der Waals surface area (Å²) < 4.78 is 52.8. The molecule has 0 amide bonds. The number of hydrogen-bond acceptors (Lipinski definition) is 2. The van der Waals surface area contributed by atoms with E-state index in [1.165, 1.54) is 18.2 Å². The van der Waals surface area contributed by atoms with E-state index in [2.05, 4.69) is 11.9 Å². The summed E-state index contributed by atoms with van der Waals surface area (Å²) in [7, 11) is 0. The van der Waals surface area contributed by atoms with Gasteiger partial charge in [0.1, 0.15) is 5.82 Å². The van der Waals surface area contributed by atoms with Crippen molar-refractivity contribution in [3.8, 4) is 0 Å². The Bertz CT molecular complexity index is 479. The van der Waals surface area contributed by atoms with Crippen molar-refractivity contribution in [1.29, 1.82) is 0 Å². The molecule has 1 atom stereocenters. The van der Waals surface area contributed by atoms with Crippen LogP contribution in [0.25, 0.3) is 0 Å². The Morgan fingerprint density at radius 3 is 2.45 bits per heavy atom. The van der Waals surface area contributed by atoms with Crippen LogP contribution < -0.4 is 5.32 Å². The number of nitrogens with zero attached hydrogens (tertiary/aromatic N) is 1. The Kier molecular flexibility index (Phi) is 4.45. The van der Waals surface area contributed by atoms with Gasteiger partial charge in [-0.2, -0.15) is 13.2 Å². The molecule has 1 heterocycles. The van der Waals surface area contributed by atoms with Gasteiger partial charge in [0.15, 0.2) is 0 Å². The summed E-state index contributed by atoms with van der Waals surface area (Å²) in [6.07, 6.45) is -3.27. The first kappa shape index (κ1) is 15.0. The number of hydrogen-bond donors (Lipinski definition) is 1. The average Bonchev–Trinajstić information content (AvgIpc) is 2.39. The van der Waals surface area contributed by atoms with Crippen LogP contribution >= 0.6 is 0 Å². The van der Waals surface area contributed by atoms with E-state index in [0.717, 1.165) is 6.07 Å². The lowest BCUT2D eigenvalue weighted by molar-refractivity contribution is -0.141. The van der Waals surface area contributed by atoms with Gasteiger partial charge in [-0.3, -0.25) is 4.90 Å². The zero-order chi connectivity index (χ0) is 14.8. The van der Waals surface area contributed by atoms with E-state index in [0.29, 0.717) is 26.2 Å². The van der Waals surface area contributed by atoms with Gasteiger partial charge in [-0.05, 0) is 11.6 Å². The average molecular weight is 288 g/mol. The molecule has 0 saturated carbocycles. The molecule has 0 aromatic heterocycles. The molecule has 1 aliphatic heterocycles. The van der Waals surface area contributed by atoms with E-state index in [1.807, 2.05) is 4.90 Å². The molecule has 1 N–H and O–H groups in total. The highest BCUT2D eigenvalue weighted by Crippen LogP contribution is 2.38. The molecule has 20 heavy (non-hydrogen) atoms. The van der Waals surface area contributed by atoms with Crippen LogP contribution in [-0.2, 0) is 6.18 Å². The molecular weight excluding hydrogens is 272 g/mol. The van der Waals surface area contributed by atoms with E-state index in [4.69, 9.17) is 0 Å². The second-order valence-corrected chi connectivity index (χ2v) is 4.67. The lowest BCUT2D eigenvalue weighted by atomic mass is 9.97. The van der Waals surface area contributed by atoms with E-state index >= 15 is 0 Å². The molecule has 1 aromatic rings. The van der Waals surface area contributed by atoms with Crippen LogP contribution in [0.15, 0.2) is 30.9 Å². The first-order valence-electron chi connectivity index (χ1n) is 6.38. The van der Waals surface area contributed by atoms with Crippen LogP contribution in [0, 0.1) is 5.82 Å². The summed E-state index contributed by atoms with van der Waals surface area (Å²) in [4.78, 5) is 1.87. The molecule has 0 aliphatic carbocycles. The molecule has 0 bridgehead atoms. The summed E-state index contributed by atoms with van der Waals surface area (Å²) >= 11 is 0. The largest absolute Gasteiger partial charge is 0.419 e. The quantitative estimate of drug-likeness (QED) is 0.679. The Morgan fingerprint density at radius 1 is 1.25 bits per heavy atom. The normalized spacial score (nSPS) is 18.8. The lowest BCUT2D eigenvalue weighted by Crippen LogP contribution is -2.45. The molecule has 0 spiro atoms. The first-order chi connectivity index (χ1) is 9.45. The Hall–Kier alpha value is -1.40. The van der Waals surface area contributed by atoms with Gasteiger partial charge in [-0.15, -0.1) is 6.58 Å². The van der Waals surface area contributed by atoms with Gasteiger partial charge < -0.3 is 5.32 Å². The third kappa shape index (κ3) is 3.02. The van der Waals surface area contributed by atoms with Crippen LogP contribution in [-0.4, -0.2) is 31.1 Å². The van der Waals surface area contributed by atoms with Crippen LogP contribution in [0.5, 0.6) is 0 Å². The van der Waals surface area contributed by atoms with Gasteiger partial charge in [0.25, 0.3) is 0 Å². The Morgan fingerprint density at radius 2 is 1.90 bits per heavy atom. The molecule has 6 heteroatoms. The molecule has 0 unspecified atom stereocenters.